The number of nitrogens with zero attached hydrogens (tertiary/aromatic N) is 2. The maximum absolute atomic E-state index is 5.43. The second-order valence-corrected chi connectivity index (χ2v) is 2.20. The van der Waals surface area contributed by atoms with Crippen LogP contribution in [0.3, 0.4) is 0 Å². The van der Waals surface area contributed by atoms with Gasteiger partial charge in [-0.05, 0) is 0 Å². The number of hydrogen-bond donors (Lipinski definition) is 1. The molecule has 0 aromatic carbocycles. The Morgan fingerprint density at radius 3 is 3.11 bits per heavy atom. The van der Waals surface area contributed by atoms with Crippen molar-refractivity contribution in [3.05, 3.63) is 16.6 Å². The molecule has 2 N–H and O–H groups in total. The lowest BCUT2D eigenvalue weighted by molar-refractivity contribution is 1.31. The van der Waals surface area contributed by atoms with E-state index in [0.29, 0.717) is 5.84 Å². The normalized spacial score (nSPS) is 11.9. The number of aromatic nitrogens is 1. The van der Waals surface area contributed by atoms with Crippen LogP contribution >= 0.6 is 11.3 Å². The standard InChI is InChI=1S/C5H7N3S/c1-7-5(6)4-2-9-3-8-4/h2-3H,1H3,(H2,6,7). The predicted octanol–water partition coefficient (Wildman–Crippen LogP) is 0.478. The van der Waals surface area contributed by atoms with Crippen molar-refractivity contribution in [1.29, 1.82) is 0 Å². The molecule has 0 fully saturated rings. The van der Waals surface area contributed by atoms with Gasteiger partial charge in [0.15, 0.2) is 0 Å². The molecule has 0 aliphatic rings. The van der Waals surface area contributed by atoms with Crippen LogP contribution in [0, 0.1) is 0 Å². The number of nitrogens with two attached hydrogens (primary N) is 1. The fourth-order valence-corrected chi connectivity index (χ4v) is 0.999. The molecule has 0 spiro atoms. The first-order valence-corrected chi connectivity index (χ1v) is 3.39. The zero-order chi connectivity index (χ0) is 6.69. The molecule has 1 heterocycles. The summed E-state index contributed by atoms with van der Waals surface area (Å²) >= 11 is 1.51. The summed E-state index contributed by atoms with van der Waals surface area (Å²) in [5.74, 6) is 0.497. The van der Waals surface area contributed by atoms with Gasteiger partial charge in [0.1, 0.15) is 11.5 Å². The largest absolute Gasteiger partial charge is 0.382 e. The quantitative estimate of drug-likeness (QED) is 0.457. The lowest BCUT2D eigenvalue weighted by Crippen LogP contribution is -2.12. The average molecular weight is 141 g/mol. The van der Waals surface area contributed by atoms with Gasteiger partial charge >= 0.3 is 0 Å². The highest BCUT2D eigenvalue weighted by molar-refractivity contribution is 7.07. The monoisotopic (exact) mass is 141 g/mol. The van der Waals surface area contributed by atoms with Crippen LogP contribution in [-0.4, -0.2) is 17.9 Å². The molecule has 1 aromatic rings. The van der Waals surface area contributed by atoms with Gasteiger partial charge in [-0.25, -0.2) is 4.98 Å². The van der Waals surface area contributed by atoms with Gasteiger partial charge in [0.2, 0.25) is 0 Å². The summed E-state index contributed by atoms with van der Waals surface area (Å²) in [7, 11) is 1.65. The number of amidine groups is 1. The molecular formula is C5H7N3S. The van der Waals surface area contributed by atoms with E-state index in [0.717, 1.165) is 5.69 Å². The van der Waals surface area contributed by atoms with E-state index in [9.17, 15) is 0 Å². The topological polar surface area (TPSA) is 51.3 Å². The van der Waals surface area contributed by atoms with Crippen LogP contribution in [-0.2, 0) is 0 Å². The molecule has 0 unspecified atom stereocenters. The van der Waals surface area contributed by atoms with Crippen LogP contribution in [0.2, 0.25) is 0 Å². The lowest BCUT2D eigenvalue weighted by atomic mass is 10.5. The summed E-state index contributed by atoms with van der Waals surface area (Å²) in [5.41, 5.74) is 7.93. The van der Waals surface area contributed by atoms with Gasteiger partial charge in [-0.1, -0.05) is 0 Å². The molecule has 0 amide bonds. The van der Waals surface area contributed by atoms with Crippen molar-refractivity contribution in [2.75, 3.05) is 7.05 Å². The van der Waals surface area contributed by atoms with Crippen molar-refractivity contribution in [1.82, 2.24) is 4.98 Å². The zero-order valence-electron chi connectivity index (χ0n) is 5.03. The summed E-state index contributed by atoms with van der Waals surface area (Å²) in [6.07, 6.45) is 0. The maximum Gasteiger partial charge on any atom is 0.145 e. The molecule has 0 saturated carbocycles. The molecule has 0 atom stereocenters. The SMILES string of the molecule is CN=C(N)c1cscn1. The zero-order valence-corrected chi connectivity index (χ0v) is 5.85. The Hall–Kier alpha value is -0.900. The molecule has 0 radical (unpaired) electrons. The van der Waals surface area contributed by atoms with Gasteiger partial charge < -0.3 is 5.73 Å². The van der Waals surface area contributed by atoms with Gasteiger partial charge in [-0.2, -0.15) is 0 Å². The minimum atomic E-state index is 0.497. The Morgan fingerprint density at radius 2 is 2.67 bits per heavy atom. The van der Waals surface area contributed by atoms with Crippen LogP contribution in [0.15, 0.2) is 15.9 Å². The van der Waals surface area contributed by atoms with E-state index in [1.807, 2.05) is 5.38 Å². The Kier molecular flexibility index (Phi) is 1.79. The van der Waals surface area contributed by atoms with E-state index in [4.69, 9.17) is 5.73 Å². The second-order valence-electron chi connectivity index (χ2n) is 1.48. The van der Waals surface area contributed by atoms with Crippen LogP contribution in [0.1, 0.15) is 5.69 Å². The molecule has 48 valence electrons. The van der Waals surface area contributed by atoms with Gasteiger partial charge in [0, 0.05) is 12.4 Å². The smallest absolute Gasteiger partial charge is 0.145 e. The number of thiazole rings is 1. The summed E-state index contributed by atoms with van der Waals surface area (Å²) in [5, 5.41) is 1.86. The fourth-order valence-electron chi connectivity index (χ4n) is 0.454. The molecule has 0 aliphatic heterocycles. The minimum absolute atomic E-state index is 0.497. The highest BCUT2D eigenvalue weighted by Gasteiger charge is 1.95. The molecule has 1 aromatic heterocycles. The van der Waals surface area contributed by atoms with E-state index < -0.39 is 0 Å². The van der Waals surface area contributed by atoms with E-state index >= 15 is 0 Å². The Balaban J connectivity index is 2.90. The number of hydrogen-bond acceptors (Lipinski definition) is 3. The number of rotatable bonds is 1. The van der Waals surface area contributed by atoms with Gasteiger partial charge in [0.25, 0.3) is 0 Å². The van der Waals surface area contributed by atoms with Crippen LogP contribution < -0.4 is 5.73 Å². The van der Waals surface area contributed by atoms with Crippen molar-refractivity contribution in [2.24, 2.45) is 10.7 Å². The lowest BCUT2D eigenvalue weighted by Gasteiger charge is -1.88. The molecule has 0 aliphatic carbocycles. The Morgan fingerprint density at radius 1 is 1.89 bits per heavy atom. The summed E-state index contributed by atoms with van der Waals surface area (Å²) in [6.45, 7) is 0. The molecule has 1 rings (SSSR count). The first-order chi connectivity index (χ1) is 4.34. The third-order valence-electron chi connectivity index (χ3n) is 0.936. The molecule has 4 heteroatoms. The maximum atomic E-state index is 5.43. The second kappa shape index (κ2) is 2.59. The summed E-state index contributed by atoms with van der Waals surface area (Å²) < 4.78 is 0. The molecular weight excluding hydrogens is 134 g/mol. The van der Waals surface area contributed by atoms with Crippen molar-refractivity contribution in [3.63, 3.8) is 0 Å². The first kappa shape index (κ1) is 6.22. The van der Waals surface area contributed by atoms with Crippen LogP contribution in [0.25, 0.3) is 0 Å². The predicted molar refractivity (Wildman–Crippen MR) is 38.8 cm³/mol. The number of aliphatic imine (C=N–C) groups is 1. The molecule has 0 bridgehead atoms. The van der Waals surface area contributed by atoms with Gasteiger partial charge in [0.05, 0.1) is 5.51 Å². The highest BCUT2D eigenvalue weighted by atomic mass is 32.1. The van der Waals surface area contributed by atoms with Gasteiger partial charge in [-0.3, -0.25) is 4.99 Å². The highest BCUT2D eigenvalue weighted by Crippen LogP contribution is 1.98. The molecule has 9 heavy (non-hydrogen) atoms. The third-order valence-corrected chi connectivity index (χ3v) is 1.52. The summed E-state index contributed by atoms with van der Waals surface area (Å²) in [6, 6.07) is 0. The minimum Gasteiger partial charge on any atom is -0.382 e. The first-order valence-electron chi connectivity index (χ1n) is 2.45. The Labute approximate surface area is 57.3 Å². The van der Waals surface area contributed by atoms with Crippen molar-refractivity contribution >= 4 is 17.2 Å². The van der Waals surface area contributed by atoms with E-state index in [2.05, 4.69) is 9.98 Å². The Bertz CT molecular complexity index is 202. The van der Waals surface area contributed by atoms with E-state index in [1.165, 1.54) is 11.3 Å². The van der Waals surface area contributed by atoms with E-state index in [-0.39, 0.29) is 0 Å². The average Bonchev–Trinajstić information content (AvgIpc) is 2.37. The molecule has 3 nitrogen and oxygen atoms in total. The summed E-state index contributed by atoms with van der Waals surface area (Å²) in [4.78, 5) is 7.72. The molecule has 0 saturated heterocycles. The van der Waals surface area contributed by atoms with Crippen LogP contribution in [0.4, 0.5) is 0 Å². The van der Waals surface area contributed by atoms with Crippen molar-refractivity contribution < 1.29 is 0 Å². The fraction of sp³-hybridized carbons (Fsp3) is 0.200. The van der Waals surface area contributed by atoms with Gasteiger partial charge in [-0.15, -0.1) is 11.3 Å². The third kappa shape index (κ3) is 1.26. The van der Waals surface area contributed by atoms with Crippen molar-refractivity contribution in [3.8, 4) is 0 Å². The van der Waals surface area contributed by atoms with E-state index in [1.54, 1.807) is 12.6 Å². The van der Waals surface area contributed by atoms with Crippen molar-refractivity contribution in [2.45, 2.75) is 0 Å². The van der Waals surface area contributed by atoms with Crippen LogP contribution in [0.5, 0.6) is 0 Å².